The molecular formula is C20H21F3N6. The molecule has 2 heterocycles. The quantitative estimate of drug-likeness (QED) is 0.577. The van der Waals surface area contributed by atoms with E-state index in [9.17, 15) is 13.2 Å². The van der Waals surface area contributed by atoms with E-state index in [0.29, 0.717) is 11.6 Å². The number of alkyl halides is 3. The standard InChI is InChI=1S/C20H21F3N6/c1-25-14-6-7-29(11-14)18-16-4-2-3-5-17(16)27-19(28-18)26-15-9-12(20(21,22)23)8-13(24)10-15/h2-5,8-10,14,25H,6-7,11,24H2,1H3,(H,26,27,28). The second kappa shape index (κ2) is 7.40. The lowest BCUT2D eigenvalue weighted by molar-refractivity contribution is -0.137. The number of fused-ring (bicyclic) bond motifs is 1. The molecule has 0 aliphatic carbocycles. The number of halogens is 3. The predicted molar refractivity (Wildman–Crippen MR) is 108 cm³/mol. The fourth-order valence-electron chi connectivity index (χ4n) is 3.56. The van der Waals surface area contributed by atoms with E-state index >= 15 is 0 Å². The lowest BCUT2D eigenvalue weighted by Gasteiger charge is -2.20. The van der Waals surface area contributed by atoms with Gasteiger partial charge in [-0.1, -0.05) is 12.1 Å². The van der Waals surface area contributed by atoms with Gasteiger partial charge in [-0.15, -0.1) is 0 Å². The minimum Gasteiger partial charge on any atom is -0.399 e. The Morgan fingerprint density at radius 3 is 2.66 bits per heavy atom. The van der Waals surface area contributed by atoms with Gasteiger partial charge in [-0.2, -0.15) is 18.2 Å². The highest BCUT2D eigenvalue weighted by Crippen LogP contribution is 2.34. The van der Waals surface area contributed by atoms with Crippen LogP contribution < -0.4 is 21.3 Å². The van der Waals surface area contributed by atoms with E-state index in [1.807, 2.05) is 31.3 Å². The number of aromatic nitrogens is 2. The minimum absolute atomic E-state index is 0.0137. The van der Waals surface area contributed by atoms with E-state index in [1.165, 1.54) is 6.07 Å². The number of likely N-dealkylation sites (N-methyl/N-ethyl adjacent to an activating group) is 1. The first-order chi connectivity index (χ1) is 13.8. The first-order valence-corrected chi connectivity index (χ1v) is 9.27. The van der Waals surface area contributed by atoms with Crippen LogP contribution in [-0.2, 0) is 6.18 Å². The molecule has 1 aliphatic rings. The number of nitrogens with zero attached hydrogens (tertiary/aromatic N) is 3. The number of anilines is 4. The summed E-state index contributed by atoms with van der Waals surface area (Å²) in [5, 5.41) is 7.07. The summed E-state index contributed by atoms with van der Waals surface area (Å²) >= 11 is 0. The Kier molecular flexibility index (Phi) is 4.91. The van der Waals surface area contributed by atoms with Gasteiger partial charge in [0, 0.05) is 35.9 Å². The zero-order chi connectivity index (χ0) is 20.6. The Hall–Kier alpha value is -3.07. The van der Waals surface area contributed by atoms with E-state index < -0.39 is 11.7 Å². The highest BCUT2D eigenvalue weighted by molar-refractivity contribution is 5.91. The molecule has 152 valence electrons. The van der Waals surface area contributed by atoms with Crippen molar-refractivity contribution < 1.29 is 13.2 Å². The van der Waals surface area contributed by atoms with Gasteiger partial charge in [0.1, 0.15) is 5.82 Å². The molecule has 1 aromatic heterocycles. The largest absolute Gasteiger partial charge is 0.416 e. The number of nitrogen functional groups attached to an aromatic ring is 1. The smallest absolute Gasteiger partial charge is 0.399 e. The highest BCUT2D eigenvalue weighted by atomic mass is 19.4. The van der Waals surface area contributed by atoms with E-state index in [2.05, 4.69) is 25.5 Å². The molecule has 0 amide bonds. The summed E-state index contributed by atoms with van der Waals surface area (Å²) < 4.78 is 39.3. The maximum absolute atomic E-state index is 13.1. The molecule has 1 aliphatic heterocycles. The number of nitrogens with two attached hydrogens (primary N) is 1. The van der Waals surface area contributed by atoms with E-state index in [-0.39, 0.29) is 17.3 Å². The van der Waals surface area contributed by atoms with Crippen LogP contribution in [-0.4, -0.2) is 36.1 Å². The lowest BCUT2D eigenvalue weighted by Crippen LogP contribution is -2.30. The second-order valence-electron chi connectivity index (χ2n) is 7.07. The molecule has 6 nitrogen and oxygen atoms in total. The van der Waals surface area contributed by atoms with Crippen molar-refractivity contribution in [1.82, 2.24) is 15.3 Å². The van der Waals surface area contributed by atoms with Gasteiger partial charge in [-0.05, 0) is 43.8 Å². The first kappa shape index (κ1) is 19.3. The molecule has 4 rings (SSSR count). The van der Waals surface area contributed by atoms with Crippen LogP contribution in [0.25, 0.3) is 10.9 Å². The average Bonchev–Trinajstić information content (AvgIpc) is 3.15. The average molecular weight is 402 g/mol. The van der Waals surface area contributed by atoms with Gasteiger partial charge in [-0.3, -0.25) is 0 Å². The number of hydrogen-bond donors (Lipinski definition) is 3. The van der Waals surface area contributed by atoms with Crippen LogP contribution in [0.3, 0.4) is 0 Å². The first-order valence-electron chi connectivity index (χ1n) is 9.27. The zero-order valence-electron chi connectivity index (χ0n) is 15.8. The van der Waals surface area contributed by atoms with Crippen LogP contribution in [0.1, 0.15) is 12.0 Å². The summed E-state index contributed by atoms with van der Waals surface area (Å²) in [6.07, 6.45) is -3.50. The van der Waals surface area contributed by atoms with Crippen molar-refractivity contribution in [3.8, 4) is 0 Å². The van der Waals surface area contributed by atoms with Crippen molar-refractivity contribution in [2.24, 2.45) is 0 Å². The molecular weight excluding hydrogens is 381 g/mol. The molecule has 4 N–H and O–H groups in total. The van der Waals surface area contributed by atoms with Crippen LogP contribution in [0, 0.1) is 0 Å². The van der Waals surface area contributed by atoms with Crippen molar-refractivity contribution in [2.75, 3.05) is 36.1 Å². The predicted octanol–water partition coefficient (Wildman–Crippen LogP) is 3.77. The van der Waals surface area contributed by atoms with Crippen LogP contribution in [0.5, 0.6) is 0 Å². The normalized spacial score (nSPS) is 17.1. The summed E-state index contributed by atoms with van der Waals surface area (Å²) in [4.78, 5) is 11.3. The Morgan fingerprint density at radius 2 is 1.93 bits per heavy atom. The molecule has 2 aromatic carbocycles. The van der Waals surface area contributed by atoms with Crippen molar-refractivity contribution in [2.45, 2.75) is 18.6 Å². The topological polar surface area (TPSA) is 79.1 Å². The summed E-state index contributed by atoms with van der Waals surface area (Å²) in [5.74, 6) is 0.987. The third-order valence-corrected chi connectivity index (χ3v) is 5.02. The van der Waals surface area contributed by atoms with Crippen LogP contribution in [0.15, 0.2) is 42.5 Å². The fourth-order valence-corrected chi connectivity index (χ4v) is 3.56. The van der Waals surface area contributed by atoms with Gasteiger partial charge in [0.05, 0.1) is 11.1 Å². The van der Waals surface area contributed by atoms with Crippen LogP contribution in [0.4, 0.5) is 36.3 Å². The van der Waals surface area contributed by atoms with Crippen molar-refractivity contribution in [3.63, 3.8) is 0 Å². The maximum atomic E-state index is 13.1. The number of nitrogens with one attached hydrogen (secondary N) is 2. The third-order valence-electron chi connectivity index (χ3n) is 5.02. The Bertz CT molecular complexity index is 1040. The minimum atomic E-state index is -4.49. The number of benzene rings is 2. The number of rotatable bonds is 4. The van der Waals surface area contributed by atoms with Gasteiger partial charge in [-0.25, -0.2) is 4.98 Å². The Balaban J connectivity index is 1.73. The molecule has 9 heteroatoms. The second-order valence-corrected chi connectivity index (χ2v) is 7.07. The molecule has 1 unspecified atom stereocenters. The molecule has 29 heavy (non-hydrogen) atoms. The zero-order valence-corrected chi connectivity index (χ0v) is 15.8. The van der Waals surface area contributed by atoms with Crippen molar-refractivity contribution >= 4 is 34.0 Å². The van der Waals surface area contributed by atoms with E-state index in [4.69, 9.17) is 5.73 Å². The van der Waals surface area contributed by atoms with Gasteiger partial charge in [0.15, 0.2) is 0 Å². The van der Waals surface area contributed by atoms with Crippen molar-refractivity contribution in [1.29, 1.82) is 0 Å². The molecule has 0 spiro atoms. The molecule has 3 aromatic rings. The van der Waals surface area contributed by atoms with Crippen LogP contribution in [0.2, 0.25) is 0 Å². The van der Waals surface area contributed by atoms with Gasteiger partial charge in [0.2, 0.25) is 5.95 Å². The highest BCUT2D eigenvalue weighted by Gasteiger charge is 2.31. The third kappa shape index (κ3) is 4.04. The van der Waals surface area contributed by atoms with Gasteiger partial charge >= 0.3 is 6.18 Å². The summed E-state index contributed by atoms with van der Waals surface area (Å²) in [6.45, 7) is 1.63. The van der Waals surface area contributed by atoms with Crippen molar-refractivity contribution in [3.05, 3.63) is 48.0 Å². The van der Waals surface area contributed by atoms with Gasteiger partial charge in [0.25, 0.3) is 0 Å². The van der Waals surface area contributed by atoms with E-state index in [1.54, 1.807) is 0 Å². The fraction of sp³-hybridized carbons (Fsp3) is 0.300. The van der Waals surface area contributed by atoms with Gasteiger partial charge < -0.3 is 21.3 Å². The number of para-hydroxylation sites is 1. The Morgan fingerprint density at radius 1 is 1.14 bits per heavy atom. The maximum Gasteiger partial charge on any atom is 0.416 e. The van der Waals surface area contributed by atoms with Crippen LogP contribution >= 0.6 is 0 Å². The molecule has 0 saturated carbocycles. The monoisotopic (exact) mass is 402 g/mol. The lowest BCUT2D eigenvalue weighted by atomic mass is 10.1. The molecule has 1 fully saturated rings. The van der Waals surface area contributed by atoms with E-state index in [0.717, 1.165) is 42.8 Å². The molecule has 0 radical (unpaired) electrons. The molecule has 1 saturated heterocycles. The Labute approximate surface area is 165 Å². The molecule has 1 atom stereocenters. The molecule has 0 bridgehead atoms. The SMILES string of the molecule is CNC1CCN(c2nc(Nc3cc(N)cc(C(F)(F)F)c3)nc3ccccc23)C1. The summed E-state index contributed by atoms with van der Waals surface area (Å²) in [5.41, 5.74) is 5.76. The summed E-state index contributed by atoms with van der Waals surface area (Å²) in [7, 11) is 1.93. The number of hydrogen-bond acceptors (Lipinski definition) is 6. The summed E-state index contributed by atoms with van der Waals surface area (Å²) in [6, 6.07) is 11.3.